The van der Waals surface area contributed by atoms with E-state index < -0.39 is 11.8 Å². The van der Waals surface area contributed by atoms with Gasteiger partial charge in [-0.3, -0.25) is 15.0 Å². The standard InChI is InChI=1S/C31H36FN7O2/c1-7-20(3)11-21(4)12-27(8-2)39(18-23-13-22(5)29(32)24(14-23)16-33)31(41)38-30(36-19-40)37-26-9-10-28(34)25(15-26)17-35-6/h8-15,17,19,34-35H,7,18H2,1-6H3,(H2,36,37,38,40,41)/b20-11+,21-12-,25-17-,27-8+,34-28?. The SMILES string of the molecule is C\C=C(/C=C(C)\C=C(/C)CC)N(Cc1cc(C)c(F)c(C#N)c1)C(=O)/N=C(\NC=O)NC1=C/C(=C/NC)C(=N)C=C1. The van der Waals surface area contributed by atoms with Crippen LogP contribution in [-0.2, 0) is 11.3 Å². The molecule has 0 spiro atoms. The number of nitrogens with one attached hydrogen (secondary N) is 4. The fourth-order valence-electron chi connectivity index (χ4n) is 3.91. The molecule has 10 heteroatoms. The van der Waals surface area contributed by atoms with Crippen LogP contribution in [-0.4, -0.2) is 36.1 Å². The van der Waals surface area contributed by atoms with Crippen LogP contribution in [0, 0.1) is 29.5 Å². The van der Waals surface area contributed by atoms with Crippen LogP contribution in [0.1, 0.15) is 50.8 Å². The molecule has 0 aromatic heterocycles. The minimum absolute atomic E-state index is 0.0127. The predicted octanol–water partition coefficient (Wildman–Crippen LogP) is 5.40. The molecule has 0 radical (unpaired) electrons. The summed E-state index contributed by atoms with van der Waals surface area (Å²) in [6, 6.07) is 4.13. The molecule has 1 aromatic rings. The number of rotatable bonds is 9. The number of hydrogen-bond donors (Lipinski definition) is 4. The van der Waals surface area contributed by atoms with Gasteiger partial charge in [-0.25, -0.2) is 9.18 Å². The monoisotopic (exact) mass is 557 g/mol. The topological polar surface area (TPSA) is 133 Å². The van der Waals surface area contributed by atoms with Crippen molar-refractivity contribution in [2.75, 3.05) is 7.05 Å². The van der Waals surface area contributed by atoms with Crippen LogP contribution in [0.4, 0.5) is 9.18 Å². The Morgan fingerprint density at radius 1 is 1.24 bits per heavy atom. The Balaban J connectivity index is 2.57. The number of hydrogen-bond acceptors (Lipinski definition) is 5. The largest absolute Gasteiger partial charge is 0.393 e. The van der Waals surface area contributed by atoms with Gasteiger partial charge in [-0.05, 0) is 81.2 Å². The summed E-state index contributed by atoms with van der Waals surface area (Å²) in [5.74, 6) is -0.737. The van der Waals surface area contributed by atoms with E-state index in [4.69, 9.17) is 5.41 Å². The number of amides is 3. The van der Waals surface area contributed by atoms with Crippen molar-refractivity contribution in [3.63, 3.8) is 0 Å². The van der Waals surface area contributed by atoms with Crippen LogP contribution in [0.3, 0.4) is 0 Å². The van der Waals surface area contributed by atoms with E-state index in [2.05, 4.69) is 27.9 Å². The normalized spacial score (nSPS) is 15.3. The zero-order chi connectivity index (χ0) is 30.5. The number of halogens is 1. The molecule has 0 bridgehead atoms. The van der Waals surface area contributed by atoms with Crippen LogP contribution in [0.15, 0.2) is 87.9 Å². The Hall–Kier alpha value is -5.04. The Labute approximate surface area is 240 Å². The molecule has 0 aliphatic heterocycles. The van der Waals surface area contributed by atoms with Gasteiger partial charge in [0.15, 0.2) is 0 Å². The highest BCUT2D eigenvalue weighted by Crippen LogP contribution is 2.21. The lowest BCUT2D eigenvalue weighted by atomic mass is 10.0. The predicted molar refractivity (Wildman–Crippen MR) is 160 cm³/mol. The molecule has 4 N–H and O–H groups in total. The molecule has 2 rings (SSSR count). The number of aliphatic imine (C=N–C) groups is 1. The van der Waals surface area contributed by atoms with Crippen molar-refractivity contribution in [1.82, 2.24) is 20.9 Å². The average Bonchev–Trinajstić information content (AvgIpc) is 2.94. The van der Waals surface area contributed by atoms with Crippen LogP contribution in [0.5, 0.6) is 0 Å². The van der Waals surface area contributed by atoms with Gasteiger partial charge >= 0.3 is 6.03 Å². The van der Waals surface area contributed by atoms with Crippen molar-refractivity contribution in [3.05, 3.63) is 105 Å². The smallest absolute Gasteiger partial charge is 0.351 e. The first-order valence-corrected chi connectivity index (χ1v) is 13.0. The zero-order valence-corrected chi connectivity index (χ0v) is 24.2. The Bertz CT molecular complexity index is 1450. The molecule has 0 atom stereocenters. The molecule has 0 fully saturated rings. The van der Waals surface area contributed by atoms with Crippen LogP contribution >= 0.6 is 0 Å². The van der Waals surface area contributed by atoms with Gasteiger partial charge in [-0.1, -0.05) is 30.7 Å². The van der Waals surface area contributed by atoms with Crippen molar-refractivity contribution < 1.29 is 14.0 Å². The maximum Gasteiger partial charge on any atom is 0.351 e. The van der Waals surface area contributed by atoms with Crippen molar-refractivity contribution in [2.24, 2.45) is 4.99 Å². The summed E-state index contributed by atoms with van der Waals surface area (Å²) in [7, 11) is 1.71. The summed E-state index contributed by atoms with van der Waals surface area (Å²) in [6.07, 6.45) is 13.4. The third-order valence-corrected chi connectivity index (χ3v) is 6.04. The number of benzene rings is 1. The second kappa shape index (κ2) is 15.5. The van der Waals surface area contributed by atoms with Crippen LogP contribution in [0.25, 0.3) is 0 Å². The van der Waals surface area contributed by atoms with Crippen molar-refractivity contribution >= 4 is 24.1 Å². The number of urea groups is 1. The fraction of sp³-hybridized carbons (Fsp3) is 0.258. The van der Waals surface area contributed by atoms with E-state index in [1.165, 1.54) is 11.0 Å². The van der Waals surface area contributed by atoms with E-state index in [0.29, 0.717) is 28.9 Å². The molecule has 41 heavy (non-hydrogen) atoms. The van der Waals surface area contributed by atoms with Crippen molar-refractivity contribution in [3.8, 4) is 6.07 Å². The molecule has 9 nitrogen and oxygen atoms in total. The summed E-state index contributed by atoms with van der Waals surface area (Å²) >= 11 is 0. The van der Waals surface area contributed by atoms with Crippen molar-refractivity contribution in [1.29, 1.82) is 10.7 Å². The third kappa shape index (κ3) is 9.28. The Morgan fingerprint density at radius 3 is 2.59 bits per heavy atom. The van der Waals surface area contributed by atoms with Crippen LogP contribution < -0.4 is 16.0 Å². The first-order chi connectivity index (χ1) is 19.6. The van der Waals surface area contributed by atoms with Gasteiger partial charge in [0, 0.05) is 30.2 Å². The molecule has 3 amide bonds. The second-order valence-corrected chi connectivity index (χ2v) is 9.28. The minimum atomic E-state index is -0.713. The lowest BCUT2D eigenvalue weighted by Gasteiger charge is -2.23. The van der Waals surface area contributed by atoms with E-state index >= 15 is 0 Å². The highest BCUT2D eigenvalue weighted by atomic mass is 19.1. The molecule has 1 aromatic carbocycles. The highest BCUT2D eigenvalue weighted by Gasteiger charge is 2.20. The number of allylic oxidation sites excluding steroid dienone is 9. The van der Waals surface area contributed by atoms with Gasteiger partial charge in [0.25, 0.3) is 0 Å². The zero-order valence-electron chi connectivity index (χ0n) is 24.2. The summed E-state index contributed by atoms with van der Waals surface area (Å²) < 4.78 is 14.4. The second-order valence-electron chi connectivity index (χ2n) is 9.28. The van der Waals surface area contributed by atoms with E-state index in [1.807, 2.05) is 32.1 Å². The number of aryl methyl sites for hydroxylation is 1. The number of carbonyl (C=O) groups is 2. The number of carbonyl (C=O) groups excluding carboxylic acids is 2. The summed E-state index contributed by atoms with van der Waals surface area (Å²) in [4.78, 5) is 30.6. The number of guanidine groups is 1. The lowest BCUT2D eigenvalue weighted by molar-refractivity contribution is -0.108. The van der Waals surface area contributed by atoms with Gasteiger partial charge in [0.1, 0.15) is 11.9 Å². The third-order valence-electron chi connectivity index (χ3n) is 6.04. The summed E-state index contributed by atoms with van der Waals surface area (Å²) in [5.41, 5.74) is 4.64. The van der Waals surface area contributed by atoms with Crippen LogP contribution in [0.2, 0.25) is 0 Å². The molecule has 0 saturated heterocycles. The summed E-state index contributed by atoms with van der Waals surface area (Å²) in [5, 5.41) is 25.6. The highest BCUT2D eigenvalue weighted by molar-refractivity contribution is 6.10. The maximum absolute atomic E-state index is 14.4. The molecule has 214 valence electrons. The quantitative estimate of drug-likeness (QED) is 0.140. The van der Waals surface area contributed by atoms with Gasteiger partial charge in [0.2, 0.25) is 12.4 Å². The molecule has 0 saturated carbocycles. The maximum atomic E-state index is 14.4. The first-order valence-electron chi connectivity index (χ1n) is 13.0. The van der Waals surface area contributed by atoms with Gasteiger partial charge in [-0.15, -0.1) is 0 Å². The Morgan fingerprint density at radius 2 is 1.98 bits per heavy atom. The van der Waals surface area contributed by atoms with E-state index in [9.17, 15) is 19.2 Å². The van der Waals surface area contributed by atoms with E-state index in [0.717, 1.165) is 17.6 Å². The number of nitrogens with zero attached hydrogens (tertiary/aromatic N) is 3. The molecule has 1 aliphatic carbocycles. The molecule has 0 heterocycles. The summed E-state index contributed by atoms with van der Waals surface area (Å²) in [6.45, 7) is 9.31. The van der Waals surface area contributed by atoms with Gasteiger partial charge in [0.05, 0.1) is 17.8 Å². The Kier molecular flexibility index (Phi) is 12.2. The molecular formula is C31H36FN7O2. The number of nitriles is 1. The minimum Gasteiger partial charge on any atom is -0.393 e. The first kappa shape index (κ1) is 32.2. The molecule has 1 aliphatic rings. The van der Waals surface area contributed by atoms with E-state index in [1.54, 1.807) is 57.5 Å². The lowest BCUT2D eigenvalue weighted by Crippen LogP contribution is -2.38. The van der Waals surface area contributed by atoms with Crippen molar-refractivity contribution in [2.45, 2.75) is 47.6 Å². The fourth-order valence-corrected chi connectivity index (χ4v) is 3.91. The average molecular weight is 558 g/mol. The molecule has 0 unspecified atom stereocenters. The van der Waals surface area contributed by atoms with E-state index in [-0.39, 0.29) is 29.3 Å². The van der Waals surface area contributed by atoms with Gasteiger partial charge in [-0.2, -0.15) is 10.3 Å². The molecular weight excluding hydrogens is 521 g/mol. The van der Waals surface area contributed by atoms with Gasteiger partial charge < -0.3 is 16.0 Å².